The fraction of sp³-hybridized carbons (Fsp3) is 0.300. The summed E-state index contributed by atoms with van der Waals surface area (Å²) in [5.74, 6) is -0.213. The van der Waals surface area contributed by atoms with Crippen molar-refractivity contribution in [1.82, 2.24) is 4.98 Å². The molecule has 6 heteroatoms. The lowest BCUT2D eigenvalue weighted by atomic mass is 9.89. The van der Waals surface area contributed by atoms with Crippen LogP contribution in [0.3, 0.4) is 0 Å². The van der Waals surface area contributed by atoms with E-state index in [0.717, 1.165) is 30.4 Å². The van der Waals surface area contributed by atoms with Crippen LogP contribution in [0.25, 0.3) is 10.2 Å². The van der Waals surface area contributed by atoms with Crippen LogP contribution in [-0.2, 0) is 12.8 Å². The number of anilines is 1. The Morgan fingerprint density at radius 3 is 2.96 bits per heavy atom. The molecule has 1 aliphatic rings. The minimum atomic E-state index is -0.597. The number of fused-ring (bicyclic) bond motifs is 3. The van der Waals surface area contributed by atoms with Crippen molar-refractivity contribution in [2.24, 2.45) is 5.92 Å². The number of pyridine rings is 1. The summed E-state index contributed by atoms with van der Waals surface area (Å²) >= 11 is 1.51. The largest absolute Gasteiger partial charge is 0.506 e. The average molecular weight is 368 g/mol. The lowest BCUT2D eigenvalue weighted by Crippen LogP contribution is -2.23. The molecule has 2 aromatic heterocycles. The highest BCUT2D eigenvalue weighted by atomic mass is 32.1. The fourth-order valence-corrected chi connectivity index (χ4v) is 5.02. The SMILES string of the molecule is Cc1cccc(NC(=O)c2c(O)c3c4c(sc3[nH]c2=O)CC(C)CC4)c1. The van der Waals surface area contributed by atoms with Crippen LogP contribution >= 0.6 is 11.3 Å². The van der Waals surface area contributed by atoms with E-state index in [4.69, 9.17) is 0 Å². The van der Waals surface area contributed by atoms with Gasteiger partial charge in [0.15, 0.2) is 0 Å². The number of aromatic nitrogens is 1. The summed E-state index contributed by atoms with van der Waals surface area (Å²) in [6, 6.07) is 7.32. The smallest absolute Gasteiger partial charge is 0.265 e. The quantitative estimate of drug-likeness (QED) is 0.640. The van der Waals surface area contributed by atoms with Gasteiger partial charge in [-0.2, -0.15) is 0 Å². The van der Waals surface area contributed by atoms with Gasteiger partial charge in [0.1, 0.15) is 16.1 Å². The van der Waals surface area contributed by atoms with Crippen LogP contribution in [-0.4, -0.2) is 16.0 Å². The van der Waals surface area contributed by atoms with Crippen molar-refractivity contribution in [2.45, 2.75) is 33.1 Å². The highest BCUT2D eigenvalue weighted by Gasteiger charge is 2.27. The zero-order chi connectivity index (χ0) is 18.4. The number of hydrogen-bond acceptors (Lipinski definition) is 4. The number of amides is 1. The van der Waals surface area contributed by atoms with Gasteiger partial charge in [0.25, 0.3) is 11.5 Å². The normalized spacial score (nSPS) is 16.5. The summed E-state index contributed by atoms with van der Waals surface area (Å²) in [7, 11) is 0. The summed E-state index contributed by atoms with van der Waals surface area (Å²) < 4.78 is 0. The number of rotatable bonds is 2. The van der Waals surface area contributed by atoms with Gasteiger partial charge >= 0.3 is 0 Å². The van der Waals surface area contributed by atoms with Gasteiger partial charge in [-0.1, -0.05) is 19.1 Å². The Bertz CT molecular complexity index is 1080. The fourth-order valence-electron chi connectivity index (χ4n) is 3.61. The number of hydrogen-bond donors (Lipinski definition) is 3. The monoisotopic (exact) mass is 368 g/mol. The van der Waals surface area contributed by atoms with Crippen molar-refractivity contribution in [2.75, 3.05) is 5.32 Å². The predicted octanol–water partition coefficient (Wildman–Crippen LogP) is 3.98. The molecule has 3 N–H and O–H groups in total. The number of carbonyl (C=O) groups is 1. The Kier molecular flexibility index (Phi) is 4.07. The zero-order valence-electron chi connectivity index (χ0n) is 14.7. The molecule has 1 aromatic carbocycles. The van der Waals surface area contributed by atoms with Gasteiger partial charge in [-0.25, -0.2) is 0 Å². The van der Waals surface area contributed by atoms with E-state index in [1.165, 1.54) is 16.2 Å². The molecule has 5 nitrogen and oxygen atoms in total. The van der Waals surface area contributed by atoms with E-state index >= 15 is 0 Å². The number of aryl methyl sites for hydroxylation is 2. The summed E-state index contributed by atoms with van der Waals surface area (Å²) in [4.78, 5) is 29.8. The average Bonchev–Trinajstić information content (AvgIpc) is 2.91. The summed E-state index contributed by atoms with van der Waals surface area (Å²) in [5, 5.41) is 14.1. The first-order valence-corrected chi connectivity index (χ1v) is 9.53. The number of aromatic amines is 1. The van der Waals surface area contributed by atoms with Crippen molar-refractivity contribution in [3.05, 3.63) is 56.2 Å². The zero-order valence-corrected chi connectivity index (χ0v) is 15.5. The van der Waals surface area contributed by atoms with Crippen molar-refractivity contribution < 1.29 is 9.90 Å². The molecule has 1 amide bonds. The summed E-state index contributed by atoms with van der Waals surface area (Å²) in [5.41, 5.74) is 1.87. The molecule has 4 rings (SSSR count). The van der Waals surface area contributed by atoms with Crippen LogP contribution in [0.1, 0.15) is 39.7 Å². The number of H-pyrrole nitrogens is 1. The maximum Gasteiger partial charge on any atom is 0.265 e. The van der Waals surface area contributed by atoms with E-state index in [1.54, 1.807) is 6.07 Å². The third kappa shape index (κ3) is 2.80. The molecule has 0 saturated carbocycles. The van der Waals surface area contributed by atoms with E-state index in [2.05, 4.69) is 17.2 Å². The molecule has 0 spiro atoms. The Labute approximate surface area is 154 Å². The Hall–Kier alpha value is -2.60. The Balaban J connectivity index is 1.80. The molecule has 0 radical (unpaired) electrons. The molecule has 1 atom stereocenters. The number of carbonyl (C=O) groups excluding carboxylic acids is 1. The first-order chi connectivity index (χ1) is 12.4. The molecule has 0 aliphatic heterocycles. The number of aromatic hydroxyl groups is 1. The molecule has 26 heavy (non-hydrogen) atoms. The molecule has 134 valence electrons. The minimum Gasteiger partial charge on any atom is -0.506 e. The van der Waals surface area contributed by atoms with Crippen molar-refractivity contribution in [3.8, 4) is 5.75 Å². The maximum atomic E-state index is 12.7. The first kappa shape index (κ1) is 16.8. The molecular formula is C20H20N2O3S. The number of nitrogens with one attached hydrogen (secondary N) is 2. The van der Waals surface area contributed by atoms with E-state index in [9.17, 15) is 14.7 Å². The van der Waals surface area contributed by atoms with Gasteiger partial charge in [-0.15, -0.1) is 11.3 Å². The number of thiophene rings is 1. The highest BCUT2D eigenvalue weighted by Crippen LogP contribution is 2.41. The summed E-state index contributed by atoms with van der Waals surface area (Å²) in [6.45, 7) is 4.13. The molecule has 0 bridgehead atoms. The van der Waals surface area contributed by atoms with Crippen LogP contribution in [0, 0.1) is 12.8 Å². The second kappa shape index (κ2) is 6.29. The molecule has 2 heterocycles. The lowest BCUT2D eigenvalue weighted by Gasteiger charge is -2.18. The van der Waals surface area contributed by atoms with E-state index in [-0.39, 0.29) is 11.3 Å². The van der Waals surface area contributed by atoms with E-state index in [0.29, 0.717) is 21.8 Å². The van der Waals surface area contributed by atoms with Crippen molar-refractivity contribution in [1.29, 1.82) is 0 Å². The molecular weight excluding hydrogens is 348 g/mol. The van der Waals surface area contributed by atoms with E-state index in [1.807, 2.05) is 25.1 Å². The standard InChI is InChI=1S/C20H20N2O3S/c1-10-4-3-5-12(8-10)21-18(24)16-17(23)15-13-7-6-11(2)9-14(13)26-20(15)22-19(16)25/h3-5,8,11H,6-7,9H2,1-2H3,(H,21,24)(H2,22,23,25). The third-order valence-corrected chi connectivity index (χ3v) is 6.11. The predicted molar refractivity (Wildman–Crippen MR) is 104 cm³/mol. The van der Waals surface area contributed by atoms with Gasteiger partial charge < -0.3 is 15.4 Å². The van der Waals surface area contributed by atoms with Crippen LogP contribution in [0.5, 0.6) is 5.75 Å². The van der Waals surface area contributed by atoms with E-state index < -0.39 is 11.5 Å². The number of benzene rings is 1. The molecule has 3 aromatic rings. The minimum absolute atomic E-state index is 0.207. The third-order valence-electron chi connectivity index (χ3n) is 4.94. The summed E-state index contributed by atoms with van der Waals surface area (Å²) in [6.07, 6.45) is 2.85. The Morgan fingerprint density at radius 1 is 1.38 bits per heavy atom. The topological polar surface area (TPSA) is 82.2 Å². The molecule has 0 saturated heterocycles. The van der Waals surface area contributed by atoms with Gasteiger partial charge in [0.2, 0.25) is 0 Å². The highest BCUT2D eigenvalue weighted by molar-refractivity contribution is 7.18. The Morgan fingerprint density at radius 2 is 2.19 bits per heavy atom. The lowest BCUT2D eigenvalue weighted by molar-refractivity contribution is 0.102. The van der Waals surface area contributed by atoms with Gasteiger partial charge in [-0.3, -0.25) is 9.59 Å². The second-order valence-corrected chi connectivity index (χ2v) is 8.16. The van der Waals surface area contributed by atoms with Gasteiger partial charge in [0, 0.05) is 10.6 Å². The van der Waals surface area contributed by atoms with Crippen LogP contribution in [0.4, 0.5) is 5.69 Å². The van der Waals surface area contributed by atoms with Crippen molar-refractivity contribution >= 4 is 33.1 Å². The molecule has 0 fully saturated rings. The molecule has 1 unspecified atom stereocenters. The second-order valence-electron chi connectivity index (χ2n) is 7.06. The maximum absolute atomic E-state index is 12.7. The van der Waals surface area contributed by atoms with Gasteiger partial charge in [-0.05, 0) is 55.4 Å². The van der Waals surface area contributed by atoms with Crippen LogP contribution < -0.4 is 10.9 Å². The molecule has 1 aliphatic carbocycles. The van der Waals surface area contributed by atoms with Crippen LogP contribution in [0.2, 0.25) is 0 Å². The van der Waals surface area contributed by atoms with Crippen LogP contribution in [0.15, 0.2) is 29.1 Å². The van der Waals surface area contributed by atoms with Crippen molar-refractivity contribution in [3.63, 3.8) is 0 Å². The first-order valence-electron chi connectivity index (χ1n) is 8.71. The van der Waals surface area contributed by atoms with Gasteiger partial charge in [0.05, 0.1) is 5.39 Å².